The molecule has 2 atom stereocenters. The normalized spacial score (nSPS) is 14.5. The third-order valence-corrected chi connectivity index (χ3v) is 1.99. The molecule has 0 radical (unpaired) electrons. The van der Waals surface area contributed by atoms with Crippen molar-refractivity contribution >= 4 is 11.7 Å². The van der Waals surface area contributed by atoms with Crippen LogP contribution in [0.3, 0.4) is 0 Å². The summed E-state index contributed by atoms with van der Waals surface area (Å²) in [7, 11) is 0. The van der Waals surface area contributed by atoms with Gasteiger partial charge in [-0.1, -0.05) is 0 Å². The number of carboxylic acid groups (broad SMARTS) is 1. The lowest BCUT2D eigenvalue weighted by molar-refractivity contribution is -0.153. The number of benzene rings is 1. The number of aliphatic carboxylic acids is 1. The molecule has 0 aromatic heterocycles. The molecule has 2 unspecified atom stereocenters. The third kappa shape index (κ3) is 2.26. The number of halogens is 2. The molecule has 0 bridgehead atoms. The number of rotatable bonds is 3. The minimum Gasteiger partial charge on any atom is -0.479 e. The number of hydrogen-bond donors (Lipinski definition) is 4. The van der Waals surface area contributed by atoms with Crippen molar-refractivity contribution in [1.82, 2.24) is 0 Å². The summed E-state index contributed by atoms with van der Waals surface area (Å²) in [5.74, 6) is -3.94. The van der Waals surface area contributed by atoms with Crippen LogP contribution in [0, 0.1) is 11.6 Å². The van der Waals surface area contributed by atoms with E-state index in [2.05, 4.69) is 0 Å². The average Bonchev–Trinajstić information content (AvgIpc) is 2.21. The van der Waals surface area contributed by atoms with Crippen LogP contribution in [0.25, 0.3) is 0 Å². The van der Waals surface area contributed by atoms with E-state index in [1.54, 1.807) is 0 Å². The van der Waals surface area contributed by atoms with Gasteiger partial charge in [-0.2, -0.15) is 0 Å². The highest BCUT2D eigenvalue weighted by atomic mass is 19.1. The second-order valence-electron chi connectivity index (χ2n) is 3.12. The Labute approximate surface area is 88.7 Å². The van der Waals surface area contributed by atoms with E-state index >= 15 is 0 Å². The standard InChI is InChI=1S/C9H9F2NO4/c10-4-2-5(11)6(12)1-3(4)7(13)8(14)9(15)16/h1-2,7-8,13-14H,12H2,(H,15,16). The minimum atomic E-state index is -2.21. The summed E-state index contributed by atoms with van der Waals surface area (Å²) in [5.41, 5.74) is 4.10. The first kappa shape index (κ1) is 12.3. The molecule has 0 fully saturated rings. The van der Waals surface area contributed by atoms with Crippen molar-refractivity contribution in [2.24, 2.45) is 0 Å². The van der Waals surface area contributed by atoms with Gasteiger partial charge >= 0.3 is 5.97 Å². The Morgan fingerprint density at radius 3 is 2.31 bits per heavy atom. The molecule has 0 aliphatic carbocycles. The summed E-state index contributed by atoms with van der Waals surface area (Å²) < 4.78 is 25.9. The SMILES string of the molecule is Nc1cc(C(O)C(O)C(=O)O)c(F)cc1F. The van der Waals surface area contributed by atoms with Crippen molar-refractivity contribution in [2.75, 3.05) is 5.73 Å². The number of aliphatic hydroxyl groups excluding tert-OH is 2. The summed E-state index contributed by atoms with van der Waals surface area (Å²) in [6.45, 7) is 0. The van der Waals surface area contributed by atoms with Gasteiger partial charge in [0, 0.05) is 11.6 Å². The lowest BCUT2D eigenvalue weighted by atomic mass is 10.0. The molecule has 88 valence electrons. The second kappa shape index (κ2) is 4.42. The lowest BCUT2D eigenvalue weighted by Gasteiger charge is -2.15. The van der Waals surface area contributed by atoms with Crippen LogP contribution >= 0.6 is 0 Å². The Balaban J connectivity index is 3.13. The zero-order chi connectivity index (χ0) is 12.5. The number of nitrogens with two attached hydrogens (primary N) is 1. The summed E-state index contributed by atoms with van der Waals surface area (Å²) in [6, 6.07) is 1.14. The lowest BCUT2D eigenvalue weighted by Crippen LogP contribution is -2.28. The highest BCUT2D eigenvalue weighted by Gasteiger charge is 2.28. The monoisotopic (exact) mass is 233 g/mol. The van der Waals surface area contributed by atoms with Gasteiger partial charge in [-0.25, -0.2) is 13.6 Å². The van der Waals surface area contributed by atoms with E-state index < -0.39 is 41.1 Å². The number of nitrogen functional groups attached to an aromatic ring is 1. The predicted octanol–water partition coefficient (Wildman–Crippen LogP) is 0.0259. The average molecular weight is 233 g/mol. The largest absolute Gasteiger partial charge is 0.479 e. The maximum Gasteiger partial charge on any atom is 0.335 e. The van der Waals surface area contributed by atoms with E-state index in [1.165, 1.54) is 0 Å². The molecule has 0 saturated heterocycles. The van der Waals surface area contributed by atoms with Crippen molar-refractivity contribution in [1.29, 1.82) is 0 Å². The van der Waals surface area contributed by atoms with Gasteiger partial charge in [-0.15, -0.1) is 0 Å². The van der Waals surface area contributed by atoms with Crippen molar-refractivity contribution in [3.63, 3.8) is 0 Å². The van der Waals surface area contributed by atoms with E-state index in [-0.39, 0.29) is 0 Å². The number of hydrogen-bond acceptors (Lipinski definition) is 4. The van der Waals surface area contributed by atoms with Gasteiger partial charge in [0.15, 0.2) is 6.10 Å². The van der Waals surface area contributed by atoms with Crippen LogP contribution in [0.1, 0.15) is 11.7 Å². The Kier molecular flexibility index (Phi) is 3.41. The molecule has 16 heavy (non-hydrogen) atoms. The molecule has 0 heterocycles. The highest BCUT2D eigenvalue weighted by molar-refractivity contribution is 5.73. The van der Waals surface area contributed by atoms with Gasteiger partial charge in [0.1, 0.15) is 17.7 Å². The number of carboxylic acids is 1. The number of anilines is 1. The topological polar surface area (TPSA) is 104 Å². The van der Waals surface area contributed by atoms with Crippen LogP contribution < -0.4 is 5.73 Å². The first-order chi connectivity index (χ1) is 7.34. The van der Waals surface area contributed by atoms with Crippen molar-refractivity contribution < 1.29 is 28.9 Å². The zero-order valence-corrected chi connectivity index (χ0v) is 7.89. The molecular formula is C9H9F2NO4. The molecule has 0 saturated carbocycles. The van der Waals surface area contributed by atoms with Gasteiger partial charge in [-0.3, -0.25) is 0 Å². The molecular weight excluding hydrogens is 224 g/mol. The minimum absolute atomic E-state index is 0.405. The zero-order valence-electron chi connectivity index (χ0n) is 7.89. The van der Waals surface area contributed by atoms with Gasteiger partial charge in [0.25, 0.3) is 0 Å². The van der Waals surface area contributed by atoms with Crippen LogP contribution in [-0.2, 0) is 4.79 Å². The Hall–Kier alpha value is -1.73. The van der Waals surface area contributed by atoms with E-state index in [4.69, 9.17) is 15.9 Å². The van der Waals surface area contributed by atoms with Crippen molar-refractivity contribution in [2.45, 2.75) is 12.2 Å². The maximum atomic E-state index is 13.1. The van der Waals surface area contributed by atoms with E-state index in [9.17, 15) is 18.7 Å². The fourth-order valence-electron chi connectivity index (χ4n) is 1.12. The fourth-order valence-corrected chi connectivity index (χ4v) is 1.12. The second-order valence-corrected chi connectivity index (χ2v) is 3.12. The van der Waals surface area contributed by atoms with Crippen molar-refractivity contribution in [3.05, 3.63) is 29.3 Å². The Morgan fingerprint density at radius 2 is 1.81 bits per heavy atom. The summed E-state index contributed by atoms with van der Waals surface area (Å²) in [5, 5.41) is 26.7. The van der Waals surface area contributed by atoms with Crippen LogP contribution in [0.4, 0.5) is 14.5 Å². The molecule has 5 N–H and O–H groups in total. The highest BCUT2D eigenvalue weighted by Crippen LogP contribution is 2.24. The van der Waals surface area contributed by atoms with Gasteiger partial charge < -0.3 is 21.1 Å². The summed E-state index contributed by atoms with van der Waals surface area (Å²) >= 11 is 0. The third-order valence-electron chi connectivity index (χ3n) is 1.99. The molecule has 7 heteroatoms. The van der Waals surface area contributed by atoms with Crippen LogP contribution in [0.5, 0.6) is 0 Å². The molecule has 1 rings (SSSR count). The van der Waals surface area contributed by atoms with E-state index in [1.807, 2.05) is 0 Å². The molecule has 0 amide bonds. The molecule has 1 aromatic rings. The number of aliphatic hydroxyl groups is 2. The summed E-state index contributed by atoms with van der Waals surface area (Å²) in [4.78, 5) is 10.3. The molecule has 0 spiro atoms. The van der Waals surface area contributed by atoms with Gasteiger partial charge in [-0.05, 0) is 6.07 Å². The predicted molar refractivity (Wildman–Crippen MR) is 49.4 cm³/mol. The number of carbonyl (C=O) groups is 1. The van der Waals surface area contributed by atoms with E-state index in [0.717, 1.165) is 6.07 Å². The fraction of sp³-hybridized carbons (Fsp3) is 0.222. The van der Waals surface area contributed by atoms with Gasteiger partial charge in [0.2, 0.25) is 0 Å². The van der Waals surface area contributed by atoms with Crippen LogP contribution in [-0.4, -0.2) is 27.4 Å². The van der Waals surface area contributed by atoms with Crippen LogP contribution in [0.2, 0.25) is 0 Å². The molecule has 0 aliphatic heterocycles. The molecule has 0 aliphatic rings. The quantitative estimate of drug-likeness (QED) is 0.551. The Morgan fingerprint density at radius 1 is 1.25 bits per heavy atom. The molecule has 1 aromatic carbocycles. The maximum absolute atomic E-state index is 13.1. The van der Waals surface area contributed by atoms with Crippen LogP contribution in [0.15, 0.2) is 12.1 Å². The first-order valence-corrected chi connectivity index (χ1v) is 4.18. The van der Waals surface area contributed by atoms with Gasteiger partial charge in [0.05, 0.1) is 5.69 Å². The first-order valence-electron chi connectivity index (χ1n) is 4.18. The smallest absolute Gasteiger partial charge is 0.335 e. The molecule has 5 nitrogen and oxygen atoms in total. The van der Waals surface area contributed by atoms with Crippen molar-refractivity contribution in [3.8, 4) is 0 Å². The Bertz CT molecular complexity index is 424. The van der Waals surface area contributed by atoms with E-state index in [0.29, 0.717) is 6.07 Å². The summed E-state index contributed by atoms with van der Waals surface area (Å²) in [6.07, 6.45) is -4.22.